The van der Waals surface area contributed by atoms with E-state index in [1.54, 1.807) is 18.4 Å². The molecule has 1 aliphatic heterocycles. The fourth-order valence-electron chi connectivity index (χ4n) is 2.54. The van der Waals surface area contributed by atoms with E-state index in [1.807, 2.05) is 24.4 Å². The molecule has 0 aliphatic carbocycles. The molecule has 0 radical (unpaired) electrons. The van der Waals surface area contributed by atoms with Gasteiger partial charge in [-0.3, -0.25) is 9.36 Å². The average Bonchev–Trinajstić information content (AvgIpc) is 3.29. The van der Waals surface area contributed by atoms with Gasteiger partial charge in [-0.15, -0.1) is 21.5 Å². The molecular formula is C15H20N4O2S2. The number of carbonyl (C=O) groups excluding carboxylic acids is 1. The van der Waals surface area contributed by atoms with Crippen molar-refractivity contribution in [3.05, 3.63) is 17.5 Å². The molecule has 0 bridgehead atoms. The van der Waals surface area contributed by atoms with E-state index in [9.17, 15) is 4.79 Å². The summed E-state index contributed by atoms with van der Waals surface area (Å²) in [5.74, 6) is 0.835. The molecule has 23 heavy (non-hydrogen) atoms. The van der Waals surface area contributed by atoms with Crippen LogP contribution in [0.2, 0.25) is 0 Å². The SMILES string of the molecule is CNC(=O)C(C)Sc1nnc(-c2cccs2)n1CC1CCCO1. The highest BCUT2D eigenvalue weighted by Gasteiger charge is 2.24. The van der Waals surface area contributed by atoms with Gasteiger partial charge in [0.1, 0.15) is 0 Å². The molecule has 3 heterocycles. The molecule has 6 nitrogen and oxygen atoms in total. The monoisotopic (exact) mass is 352 g/mol. The Kier molecular flexibility index (Phi) is 5.34. The standard InChI is InChI=1S/C15H20N4O2S2/c1-10(14(20)16-2)23-15-18-17-13(12-6-4-8-22-12)19(15)9-11-5-3-7-21-11/h4,6,8,10-11H,3,5,7,9H2,1-2H3,(H,16,20). The van der Waals surface area contributed by atoms with Crippen molar-refractivity contribution in [3.8, 4) is 10.7 Å². The number of nitrogens with one attached hydrogen (secondary N) is 1. The van der Waals surface area contributed by atoms with Crippen molar-refractivity contribution in [1.29, 1.82) is 0 Å². The normalized spacial score (nSPS) is 19.0. The van der Waals surface area contributed by atoms with Crippen LogP contribution in [0.4, 0.5) is 0 Å². The van der Waals surface area contributed by atoms with E-state index in [1.165, 1.54) is 11.8 Å². The molecule has 124 valence electrons. The molecule has 2 aromatic heterocycles. The highest BCUT2D eigenvalue weighted by molar-refractivity contribution is 8.00. The molecule has 0 spiro atoms. The number of ether oxygens (including phenoxy) is 1. The Morgan fingerprint density at radius 3 is 3.13 bits per heavy atom. The Hall–Kier alpha value is -1.38. The minimum absolute atomic E-state index is 0.0145. The largest absolute Gasteiger partial charge is 0.376 e. The molecule has 1 N–H and O–H groups in total. The van der Waals surface area contributed by atoms with Crippen LogP contribution in [-0.4, -0.2) is 45.7 Å². The zero-order chi connectivity index (χ0) is 16.2. The van der Waals surface area contributed by atoms with Gasteiger partial charge in [0.05, 0.1) is 22.8 Å². The van der Waals surface area contributed by atoms with Crippen molar-refractivity contribution in [3.63, 3.8) is 0 Å². The van der Waals surface area contributed by atoms with Crippen LogP contribution in [0.5, 0.6) is 0 Å². The molecule has 0 saturated carbocycles. The van der Waals surface area contributed by atoms with Crippen molar-refractivity contribution in [2.75, 3.05) is 13.7 Å². The third-order valence-electron chi connectivity index (χ3n) is 3.77. The Morgan fingerprint density at radius 2 is 2.48 bits per heavy atom. The predicted octanol–water partition coefficient (Wildman–Crippen LogP) is 2.41. The quantitative estimate of drug-likeness (QED) is 0.809. The molecule has 8 heteroatoms. The van der Waals surface area contributed by atoms with Crippen LogP contribution in [0.15, 0.2) is 22.7 Å². The lowest BCUT2D eigenvalue weighted by atomic mass is 10.2. The minimum atomic E-state index is -0.219. The summed E-state index contributed by atoms with van der Waals surface area (Å²) in [6.45, 7) is 3.42. The Bertz CT molecular complexity index is 650. The third kappa shape index (κ3) is 3.76. The second kappa shape index (κ2) is 7.46. The van der Waals surface area contributed by atoms with Gasteiger partial charge in [0, 0.05) is 13.7 Å². The van der Waals surface area contributed by atoms with E-state index in [4.69, 9.17) is 4.74 Å². The third-order valence-corrected chi connectivity index (χ3v) is 5.71. The summed E-state index contributed by atoms with van der Waals surface area (Å²) in [5, 5.41) is 13.9. The number of nitrogens with zero attached hydrogens (tertiary/aromatic N) is 3. The maximum absolute atomic E-state index is 11.8. The fraction of sp³-hybridized carbons (Fsp3) is 0.533. The van der Waals surface area contributed by atoms with Gasteiger partial charge >= 0.3 is 0 Å². The van der Waals surface area contributed by atoms with E-state index in [0.29, 0.717) is 0 Å². The number of hydrogen-bond donors (Lipinski definition) is 1. The van der Waals surface area contributed by atoms with Crippen LogP contribution >= 0.6 is 23.1 Å². The summed E-state index contributed by atoms with van der Waals surface area (Å²) in [7, 11) is 1.65. The molecule has 1 aliphatic rings. The maximum Gasteiger partial charge on any atom is 0.233 e. The highest BCUT2D eigenvalue weighted by Crippen LogP contribution is 2.30. The van der Waals surface area contributed by atoms with Gasteiger partial charge in [0.25, 0.3) is 0 Å². The predicted molar refractivity (Wildman–Crippen MR) is 91.7 cm³/mol. The topological polar surface area (TPSA) is 69.0 Å². The van der Waals surface area contributed by atoms with E-state index in [-0.39, 0.29) is 17.3 Å². The summed E-state index contributed by atoms with van der Waals surface area (Å²) in [5.41, 5.74) is 0. The summed E-state index contributed by atoms with van der Waals surface area (Å²) in [4.78, 5) is 12.9. The number of amides is 1. The molecule has 0 aromatic carbocycles. The smallest absolute Gasteiger partial charge is 0.233 e. The molecule has 2 unspecified atom stereocenters. The number of carbonyl (C=O) groups is 1. The summed E-state index contributed by atoms with van der Waals surface area (Å²) < 4.78 is 7.85. The van der Waals surface area contributed by atoms with Crippen LogP contribution in [0.3, 0.4) is 0 Å². The first kappa shape index (κ1) is 16.5. The highest BCUT2D eigenvalue weighted by atomic mass is 32.2. The molecule has 2 atom stereocenters. The Balaban J connectivity index is 1.87. The first-order valence-corrected chi connectivity index (χ1v) is 9.42. The number of thiophene rings is 1. The molecule has 1 saturated heterocycles. The molecule has 3 rings (SSSR count). The van der Waals surface area contributed by atoms with Gasteiger partial charge in [-0.2, -0.15) is 0 Å². The minimum Gasteiger partial charge on any atom is -0.376 e. The Morgan fingerprint density at radius 1 is 1.61 bits per heavy atom. The van der Waals surface area contributed by atoms with E-state index >= 15 is 0 Å². The number of hydrogen-bond acceptors (Lipinski definition) is 6. The van der Waals surface area contributed by atoms with Gasteiger partial charge in [-0.05, 0) is 31.2 Å². The van der Waals surface area contributed by atoms with Gasteiger partial charge in [-0.25, -0.2) is 0 Å². The van der Waals surface area contributed by atoms with Crippen molar-refractivity contribution < 1.29 is 9.53 Å². The lowest BCUT2D eigenvalue weighted by Gasteiger charge is -2.15. The van der Waals surface area contributed by atoms with Gasteiger partial charge < -0.3 is 10.1 Å². The lowest BCUT2D eigenvalue weighted by molar-refractivity contribution is -0.119. The maximum atomic E-state index is 11.8. The molecule has 1 amide bonds. The average molecular weight is 352 g/mol. The van der Waals surface area contributed by atoms with Crippen molar-refractivity contribution in [1.82, 2.24) is 20.1 Å². The lowest BCUT2D eigenvalue weighted by Crippen LogP contribution is -2.27. The Labute approximate surface area is 143 Å². The molecule has 1 fully saturated rings. The fourth-order valence-corrected chi connectivity index (χ4v) is 4.17. The zero-order valence-electron chi connectivity index (χ0n) is 13.2. The van der Waals surface area contributed by atoms with Gasteiger partial charge in [0.15, 0.2) is 11.0 Å². The van der Waals surface area contributed by atoms with Gasteiger partial charge in [0.2, 0.25) is 5.91 Å². The second-order valence-corrected chi connectivity index (χ2v) is 7.66. The first-order valence-electron chi connectivity index (χ1n) is 7.66. The second-order valence-electron chi connectivity index (χ2n) is 5.40. The zero-order valence-corrected chi connectivity index (χ0v) is 14.8. The van der Waals surface area contributed by atoms with E-state index < -0.39 is 0 Å². The van der Waals surface area contributed by atoms with Crippen molar-refractivity contribution in [2.24, 2.45) is 0 Å². The number of aromatic nitrogens is 3. The van der Waals surface area contributed by atoms with E-state index in [0.717, 1.165) is 41.9 Å². The summed E-state index contributed by atoms with van der Waals surface area (Å²) in [6, 6.07) is 4.04. The number of rotatable bonds is 6. The first-order chi connectivity index (χ1) is 11.2. The van der Waals surface area contributed by atoms with Crippen LogP contribution in [0.1, 0.15) is 19.8 Å². The van der Waals surface area contributed by atoms with Crippen LogP contribution in [0, 0.1) is 0 Å². The summed E-state index contributed by atoms with van der Waals surface area (Å²) >= 11 is 3.07. The van der Waals surface area contributed by atoms with Crippen molar-refractivity contribution in [2.45, 2.75) is 42.8 Å². The van der Waals surface area contributed by atoms with Crippen molar-refractivity contribution >= 4 is 29.0 Å². The molecule has 2 aromatic rings. The van der Waals surface area contributed by atoms with Crippen LogP contribution in [-0.2, 0) is 16.1 Å². The van der Waals surface area contributed by atoms with Crippen LogP contribution in [0.25, 0.3) is 10.7 Å². The van der Waals surface area contributed by atoms with Gasteiger partial charge in [-0.1, -0.05) is 17.8 Å². The van der Waals surface area contributed by atoms with E-state index in [2.05, 4.69) is 20.1 Å². The number of thioether (sulfide) groups is 1. The van der Waals surface area contributed by atoms with Crippen LogP contribution < -0.4 is 5.32 Å². The summed E-state index contributed by atoms with van der Waals surface area (Å²) in [6.07, 6.45) is 2.34. The molecular weight excluding hydrogens is 332 g/mol.